The normalized spacial score (nSPS) is 33.5. The molecule has 2 atom stereocenters. The second-order valence-corrected chi connectivity index (χ2v) is 4.20. The first-order chi connectivity index (χ1) is 6.38. The number of hydrogen-bond donors (Lipinski definition) is 2. The maximum Gasteiger partial charge on any atom is 0.0620 e. The first-order valence-electron chi connectivity index (χ1n) is 5.34. The lowest BCUT2D eigenvalue weighted by molar-refractivity contribution is 0.0307. The number of piperidine rings is 1. The van der Waals surface area contributed by atoms with Crippen molar-refractivity contribution >= 4 is 0 Å². The number of rotatable bonds is 2. The van der Waals surface area contributed by atoms with Crippen LogP contribution in [0.4, 0.5) is 0 Å². The Hall–Kier alpha value is -0.120. The quantitative estimate of drug-likeness (QED) is 0.653. The molecule has 0 spiro atoms. The van der Waals surface area contributed by atoms with Crippen molar-refractivity contribution in [2.75, 3.05) is 26.3 Å². The third-order valence-corrected chi connectivity index (χ3v) is 3.31. The van der Waals surface area contributed by atoms with Crippen molar-refractivity contribution < 1.29 is 9.84 Å². The van der Waals surface area contributed by atoms with Gasteiger partial charge in [0.15, 0.2) is 0 Å². The summed E-state index contributed by atoms with van der Waals surface area (Å²) in [6.07, 6.45) is 3.17. The summed E-state index contributed by atoms with van der Waals surface area (Å²) >= 11 is 0. The fraction of sp³-hybridized carbons (Fsp3) is 1.00. The van der Waals surface area contributed by atoms with Crippen LogP contribution in [0.15, 0.2) is 0 Å². The summed E-state index contributed by atoms with van der Waals surface area (Å²) in [4.78, 5) is 0. The summed E-state index contributed by atoms with van der Waals surface area (Å²) in [5, 5.41) is 13.4. The maximum absolute atomic E-state index is 10.1. The summed E-state index contributed by atoms with van der Waals surface area (Å²) < 4.78 is 5.29. The Bertz CT molecular complexity index is 151. The summed E-state index contributed by atoms with van der Waals surface area (Å²) in [7, 11) is 0. The van der Waals surface area contributed by atoms with E-state index in [1.54, 1.807) is 0 Å². The van der Waals surface area contributed by atoms with Gasteiger partial charge in [-0.25, -0.2) is 0 Å². The zero-order chi connectivity index (χ0) is 9.10. The van der Waals surface area contributed by atoms with Crippen LogP contribution < -0.4 is 5.32 Å². The highest BCUT2D eigenvalue weighted by atomic mass is 16.5. The lowest BCUT2D eigenvalue weighted by Gasteiger charge is -2.30. The van der Waals surface area contributed by atoms with E-state index in [1.807, 2.05) is 0 Å². The van der Waals surface area contributed by atoms with Crippen LogP contribution >= 0.6 is 0 Å². The summed E-state index contributed by atoms with van der Waals surface area (Å²) in [6, 6.07) is 0. The van der Waals surface area contributed by atoms with E-state index in [9.17, 15) is 5.11 Å². The third-order valence-electron chi connectivity index (χ3n) is 3.31. The smallest absolute Gasteiger partial charge is 0.0620 e. The van der Waals surface area contributed by atoms with Crippen LogP contribution in [-0.2, 0) is 4.74 Å². The summed E-state index contributed by atoms with van der Waals surface area (Å²) in [5.41, 5.74) is 0. The van der Waals surface area contributed by atoms with Gasteiger partial charge < -0.3 is 15.2 Å². The zero-order valence-electron chi connectivity index (χ0n) is 8.04. The van der Waals surface area contributed by atoms with Gasteiger partial charge in [0.05, 0.1) is 12.7 Å². The molecule has 2 rings (SSSR count). The molecule has 0 amide bonds. The Balaban J connectivity index is 1.83. The number of nitrogens with one attached hydrogen (secondary N) is 1. The molecule has 0 aliphatic carbocycles. The fourth-order valence-electron chi connectivity index (χ4n) is 2.39. The van der Waals surface area contributed by atoms with Crippen molar-refractivity contribution in [2.24, 2.45) is 11.8 Å². The molecular weight excluding hydrogens is 166 g/mol. The highest BCUT2D eigenvalue weighted by Gasteiger charge is 2.30. The molecule has 0 bridgehead atoms. The molecule has 2 N–H and O–H groups in total. The van der Waals surface area contributed by atoms with E-state index in [0.717, 1.165) is 45.6 Å². The van der Waals surface area contributed by atoms with Gasteiger partial charge in [-0.2, -0.15) is 0 Å². The third kappa shape index (κ3) is 2.22. The Kier molecular flexibility index (Phi) is 3.19. The second-order valence-electron chi connectivity index (χ2n) is 4.20. The molecule has 2 saturated heterocycles. The largest absolute Gasteiger partial charge is 0.392 e. The van der Waals surface area contributed by atoms with Crippen LogP contribution in [0.3, 0.4) is 0 Å². The second kappa shape index (κ2) is 4.40. The summed E-state index contributed by atoms with van der Waals surface area (Å²) in [5.74, 6) is 0.913. The highest BCUT2D eigenvalue weighted by Crippen LogP contribution is 2.26. The van der Waals surface area contributed by atoms with E-state index >= 15 is 0 Å². The molecule has 3 nitrogen and oxygen atoms in total. The lowest BCUT2D eigenvalue weighted by Crippen LogP contribution is -2.37. The maximum atomic E-state index is 10.1. The van der Waals surface area contributed by atoms with Crippen LogP contribution in [0.1, 0.15) is 19.3 Å². The van der Waals surface area contributed by atoms with Gasteiger partial charge in [-0.3, -0.25) is 0 Å². The number of hydrogen-bond acceptors (Lipinski definition) is 3. The number of ether oxygens (including phenoxy) is 1. The zero-order valence-corrected chi connectivity index (χ0v) is 8.04. The van der Waals surface area contributed by atoms with Gasteiger partial charge in [0, 0.05) is 12.5 Å². The Labute approximate surface area is 79.5 Å². The van der Waals surface area contributed by atoms with E-state index in [0.29, 0.717) is 11.8 Å². The van der Waals surface area contributed by atoms with E-state index in [2.05, 4.69) is 5.32 Å². The van der Waals surface area contributed by atoms with E-state index in [-0.39, 0.29) is 6.10 Å². The van der Waals surface area contributed by atoms with Gasteiger partial charge >= 0.3 is 0 Å². The Morgan fingerprint density at radius 3 is 2.54 bits per heavy atom. The predicted octanol–water partition coefficient (Wildman–Crippen LogP) is 0.383. The van der Waals surface area contributed by atoms with Crippen molar-refractivity contribution in [3.63, 3.8) is 0 Å². The molecule has 76 valence electrons. The van der Waals surface area contributed by atoms with E-state index < -0.39 is 0 Å². The molecule has 3 heteroatoms. The monoisotopic (exact) mass is 185 g/mol. The predicted molar refractivity (Wildman–Crippen MR) is 50.5 cm³/mol. The standard InChI is InChI=1S/C10H19NO2/c12-10(9-3-6-13-7-9)8-1-4-11-5-2-8/h8-12H,1-7H2. The molecule has 0 aromatic heterocycles. The van der Waals surface area contributed by atoms with Gasteiger partial charge in [-0.1, -0.05) is 0 Å². The minimum absolute atomic E-state index is 0.121. The Morgan fingerprint density at radius 1 is 1.15 bits per heavy atom. The molecule has 13 heavy (non-hydrogen) atoms. The summed E-state index contributed by atoms with van der Waals surface area (Å²) in [6.45, 7) is 3.74. The Morgan fingerprint density at radius 2 is 1.92 bits per heavy atom. The first-order valence-corrected chi connectivity index (χ1v) is 5.34. The van der Waals surface area contributed by atoms with Gasteiger partial charge in [0.2, 0.25) is 0 Å². The molecule has 2 unspecified atom stereocenters. The van der Waals surface area contributed by atoms with Crippen LogP contribution in [-0.4, -0.2) is 37.5 Å². The molecule has 2 aliphatic rings. The molecule has 2 heterocycles. The van der Waals surface area contributed by atoms with Crippen LogP contribution in [0.25, 0.3) is 0 Å². The molecule has 0 radical (unpaired) electrons. The van der Waals surface area contributed by atoms with Crippen LogP contribution in [0.5, 0.6) is 0 Å². The van der Waals surface area contributed by atoms with Crippen molar-refractivity contribution in [1.29, 1.82) is 0 Å². The van der Waals surface area contributed by atoms with Gasteiger partial charge in [0.1, 0.15) is 0 Å². The average Bonchev–Trinajstić information content (AvgIpc) is 2.71. The van der Waals surface area contributed by atoms with Crippen molar-refractivity contribution in [2.45, 2.75) is 25.4 Å². The topological polar surface area (TPSA) is 41.5 Å². The number of aliphatic hydroxyl groups excluding tert-OH is 1. The van der Waals surface area contributed by atoms with Gasteiger partial charge in [-0.05, 0) is 38.3 Å². The average molecular weight is 185 g/mol. The minimum atomic E-state index is -0.121. The number of aliphatic hydroxyl groups is 1. The van der Waals surface area contributed by atoms with Crippen LogP contribution in [0.2, 0.25) is 0 Å². The highest BCUT2D eigenvalue weighted by molar-refractivity contribution is 4.82. The van der Waals surface area contributed by atoms with Crippen molar-refractivity contribution in [1.82, 2.24) is 5.32 Å². The molecule has 0 saturated carbocycles. The van der Waals surface area contributed by atoms with Crippen LogP contribution in [0, 0.1) is 11.8 Å². The van der Waals surface area contributed by atoms with E-state index in [4.69, 9.17) is 4.74 Å². The molecule has 2 fully saturated rings. The molecule has 0 aromatic carbocycles. The van der Waals surface area contributed by atoms with E-state index in [1.165, 1.54) is 0 Å². The molecule has 2 aliphatic heterocycles. The SMILES string of the molecule is OC(C1CCNCC1)C1CCOC1. The molecule has 0 aromatic rings. The van der Waals surface area contributed by atoms with Crippen molar-refractivity contribution in [3.05, 3.63) is 0 Å². The van der Waals surface area contributed by atoms with Gasteiger partial charge in [-0.15, -0.1) is 0 Å². The minimum Gasteiger partial charge on any atom is -0.392 e. The lowest BCUT2D eigenvalue weighted by atomic mass is 9.84. The molecular formula is C10H19NO2. The van der Waals surface area contributed by atoms with Crippen molar-refractivity contribution in [3.8, 4) is 0 Å². The van der Waals surface area contributed by atoms with Gasteiger partial charge in [0.25, 0.3) is 0 Å². The fourth-order valence-corrected chi connectivity index (χ4v) is 2.39. The first kappa shape index (κ1) is 9.44.